The highest BCUT2D eigenvalue weighted by Gasteiger charge is 2.27. The number of hydrogen-bond donors (Lipinski definition) is 1. The van der Waals surface area contributed by atoms with E-state index in [1.54, 1.807) is 0 Å². The average Bonchev–Trinajstić information content (AvgIpc) is 2.96. The Hall–Kier alpha value is -0.160. The van der Waals surface area contributed by atoms with Crippen molar-refractivity contribution >= 4 is 0 Å². The summed E-state index contributed by atoms with van der Waals surface area (Å²) in [5, 5.41) is 3.38. The number of likely N-dealkylation sites (tertiary alicyclic amines) is 1. The lowest BCUT2D eigenvalue weighted by Crippen LogP contribution is -2.35. The molecule has 0 aromatic heterocycles. The van der Waals surface area contributed by atoms with Gasteiger partial charge >= 0.3 is 0 Å². The zero-order valence-electron chi connectivity index (χ0n) is 12.9. The van der Waals surface area contributed by atoms with Gasteiger partial charge < -0.3 is 19.9 Å². The molecule has 4 heteroatoms. The van der Waals surface area contributed by atoms with E-state index >= 15 is 0 Å². The molecule has 112 valence electrons. The van der Waals surface area contributed by atoms with Gasteiger partial charge in [0.05, 0.1) is 12.2 Å². The van der Waals surface area contributed by atoms with Gasteiger partial charge in [0.25, 0.3) is 0 Å². The van der Waals surface area contributed by atoms with Gasteiger partial charge in [-0.1, -0.05) is 6.92 Å². The lowest BCUT2D eigenvalue weighted by molar-refractivity contribution is 0.0261. The van der Waals surface area contributed by atoms with Crippen molar-refractivity contribution in [2.24, 2.45) is 5.92 Å². The summed E-state index contributed by atoms with van der Waals surface area (Å²) in [7, 11) is 4.48. The molecule has 2 fully saturated rings. The molecule has 0 radical (unpaired) electrons. The van der Waals surface area contributed by atoms with E-state index in [9.17, 15) is 0 Å². The molecule has 3 unspecified atom stereocenters. The largest absolute Gasteiger partial charge is 0.372 e. The number of likely N-dealkylation sites (N-methyl/N-ethyl adjacent to an activating group) is 2. The molecule has 0 aliphatic carbocycles. The van der Waals surface area contributed by atoms with E-state index in [0.29, 0.717) is 12.2 Å². The Balaban J connectivity index is 1.62. The van der Waals surface area contributed by atoms with Crippen LogP contribution in [0.5, 0.6) is 0 Å². The second kappa shape index (κ2) is 7.58. The summed E-state index contributed by atoms with van der Waals surface area (Å²) in [6, 6.07) is 0. The lowest BCUT2D eigenvalue weighted by atomic mass is 10.1. The van der Waals surface area contributed by atoms with Crippen LogP contribution in [0.4, 0.5) is 0 Å². The predicted octanol–water partition coefficient (Wildman–Crippen LogP) is 1.03. The Labute approximate surface area is 118 Å². The van der Waals surface area contributed by atoms with Crippen molar-refractivity contribution < 1.29 is 4.74 Å². The summed E-state index contributed by atoms with van der Waals surface area (Å²) in [6.45, 7) is 9.07. The Bertz CT molecular complexity index is 262. The van der Waals surface area contributed by atoms with Gasteiger partial charge in [0.1, 0.15) is 0 Å². The molecule has 4 nitrogen and oxygen atoms in total. The highest BCUT2D eigenvalue weighted by molar-refractivity contribution is 4.80. The van der Waals surface area contributed by atoms with Crippen molar-refractivity contribution in [3.8, 4) is 0 Å². The van der Waals surface area contributed by atoms with Crippen LogP contribution in [0, 0.1) is 5.92 Å². The molecule has 0 saturated carbocycles. The van der Waals surface area contributed by atoms with E-state index in [2.05, 4.69) is 36.1 Å². The summed E-state index contributed by atoms with van der Waals surface area (Å²) in [6.07, 6.45) is 4.70. The van der Waals surface area contributed by atoms with Crippen LogP contribution >= 0.6 is 0 Å². The van der Waals surface area contributed by atoms with Gasteiger partial charge in [0.15, 0.2) is 0 Å². The molecular formula is C15H31N3O. The van der Waals surface area contributed by atoms with Crippen LogP contribution in [-0.4, -0.2) is 75.4 Å². The van der Waals surface area contributed by atoms with E-state index in [-0.39, 0.29) is 0 Å². The number of hydrogen-bond acceptors (Lipinski definition) is 4. The second-order valence-corrected chi connectivity index (χ2v) is 6.40. The molecule has 0 bridgehead atoms. The van der Waals surface area contributed by atoms with Crippen molar-refractivity contribution in [3.05, 3.63) is 0 Å². The number of nitrogens with one attached hydrogen (secondary N) is 1. The number of ether oxygens (including phenoxy) is 1. The quantitative estimate of drug-likeness (QED) is 0.747. The fourth-order valence-electron chi connectivity index (χ4n) is 3.41. The maximum atomic E-state index is 6.11. The lowest BCUT2D eigenvalue weighted by Gasteiger charge is -2.24. The topological polar surface area (TPSA) is 27.7 Å². The summed E-state index contributed by atoms with van der Waals surface area (Å²) in [4.78, 5) is 4.92. The molecule has 0 aromatic rings. The predicted molar refractivity (Wildman–Crippen MR) is 79.5 cm³/mol. The first kappa shape index (κ1) is 15.2. The minimum absolute atomic E-state index is 0.441. The molecule has 2 heterocycles. The molecule has 3 atom stereocenters. The van der Waals surface area contributed by atoms with E-state index in [1.807, 2.05) is 0 Å². The van der Waals surface area contributed by atoms with Gasteiger partial charge in [-0.05, 0) is 52.4 Å². The van der Waals surface area contributed by atoms with Crippen LogP contribution in [0.1, 0.15) is 26.2 Å². The summed E-state index contributed by atoms with van der Waals surface area (Å²) in [5.41, 5.74) is 0. The average molecular weight is 269 g/mol. The molecule has 19 heavy (non-hydrogen) atoms. The molecule has 2 aliphatic rings. The van der Waals surface area contributed by atoms with Crippen molar-refractivity contribution in [1.29, 1.82) is 0 Å². The van der Waals surface area contributed by atoms with Crippen LogP contribution in [0.3, 0.4) is 0 Å². The molecule has 2 saturated heterocycles. The van der Waals surface area contributed by atoms with Crippen LogP contribution in [-0.2, 0) is 4.74 Å². The van der Waals surface area contributed by atoms with Gasteiger partial charge in [0, 0.05) is 26.2 Å². The Morgan fingerprint density at radius 3 is 2.68 bits per heavy atom. The first-order chi connectivity index (χ1) is 9.17. The van der Waals surface area contributed by atoms with Gasteiger partial charge in [-0.3, -0.25) is 0 Å². The molecule has 2 rings (SSSR count). The minimum Gasteiger partial charge on any atom is -0.372 e. The van der Waals surface area contributed by atoms with Crippen molar-refractivity contribution in [2.45, 2.75) is 38.4 Å². The molecule has 0 amide bonds. The summed E-state index contributed by atoms with van der Waals surface area (Å²) < 4.78 is 6.11. The van der Waals surface area contributed by atoms with Gasteiger partial charge in [0.2, 0.25) is 0 Å². The van der Waals surface area contributed by atoms with Crippen molar-refractivity contribution in [2.75, 3.05) is 53.4 Å². The van der Waals surface area contributed by atoms with E-state index in [4.69, 9.17) is 4.74 Å². The standard InChI is InChI=1S/C15H31N3O/c1-4-16-9-14-5-6-15(19-14)12-18(3)11-13-7-8-17(2)10-13/h13-16H,4-12H2,1-3H3. The Morgan fingerprint density at radius 1 is 1.21 bits per heavy atom. The second-order valence-electron chi connectivity index (χ2n) is 6.40. The molecule has 2 aliphatic heterocycles. The summed E-state index contributed by atoms with van der Waals surface area (Å²) >= 11 is 0. The third-order valence-electron chi connectivity index (χ3n) is 4.39. The van der Waals surface area contributed by atoms with E-state index in [0.717, 1.165) is 25.6 Å². The highest BCUT2D eigenvalue weighted by Crippen LogP contribution is 2.21. The van der Waals surface area contributed by atoms with Gasteiger partial charge in [-0.25, -0.2) is 0 Å². The Kier molecular flexibility index (Phi) is 6.07. The highest BCUT2D eigenvalue weighted by atomic mass is 16.5. The van der Waals surface area contributed by atoms with Crippen LogP contribution in [0.15, 0.2) is 0 Å². The smallest absolute Gasteiger partial charge is 0.0707 e. The third kappa shape index (κ3) is 5.03. The van der Waals surface area contributed by atoms with Crippen LogP contribution in [0.25, 0.3) is 0 Å². The van der Waals surface area contributed by atoms with E-state index in [1.165, 1.54) is 38.9 Å². The SMILES string of the molecule is CCNCC1CCC(CN(C)CC2CCN(C)C2)O1. The van der Waals surface area contributed by atoms with Gasteiger partial charge in [-0.15, -0.1) is 0 Å². The third-order valence-corrected chi connectivity index (χ3v) is 4.39. The van der Waals surface area contributed by atoms with Crippen LogP contribution in [0.2, 0.25) is 0 Å². The van der Waals surface area contributed by atoms with Crippen LogP contribution < -0.4 is 5.32 Å². The maximum Gasteiger partial charge on any atom is 0.0707 e. The molecular weight excluding hydrogens is 238 g/mol. The molecule has 0 spiro atoms. The van der Waals surface area contributed by atoms with Crippen molar-refractivity contribution in [3.63, 3.8) is 0 Å². The first-order valence-corrected chi connectivity index (χ1v) is 7.90. The maximum absolute atomic E-state index is 6.11. The van der Waals surface area contributed by atoms with Gasteiger partial charge in [-0.2, -0.15) is 0 Å². The van der Waals surface area contributed by atoms with E-state index < -0.39 is 0 Å². The fourth-order valence-corrected chi connectivity index (χ4v) is 3.41. The number of rotatable bonds is 7. The monoisotopic (exact) mass is 269 g/mol. The first-order valence-electron chi connectivity index (χ1n) is 7.90. The molecule has 1 N–H and O–H groups in total. The van der Waals surface area contributed by atoms with Crippen molar-refractivity contribution in [1.82, 2.24) is 15.1 Å². The zero-order chi connectivity index (χ0) is 13.7. The minimum atomic E-state index is 0.441. The Morgan fingerprint density at radius 2 is 2.00 bits per heavy atom. The number of nitrogens with zero attached hydrogens (tertiary/aromatic N) is 2. The fraction of sp³-hybridized carbons (Fsp3) is 1.00. The zero-order valence-corrected chi connectivity index (χ0v) is 12.9. The normalized spacial score (nSPS) is 32.5. The summed E-state index contributed by atoms with van der Waals surface area (Å²) in [5.74, 6) is 0.856. The molecule has 0 aromatic carbocycles.